The lowest BCUT2D eigenvalue weighted by Crippen LogP contribution is -2.17. The van der Waals surface area contributed by atoms with Crippen molar-refractivity contribution < 1.29 is 23.9 Å². The van der Waals surface area contributed by atoms with Crippen molar-refractivity contribution in [3.05, 3.63) is 34.5 Å². The van der Waals surface area contributed by atoms with Gasteiger partial charge in [0.1, 0.15) is 15.7 Å². The van der Waals surface area contributed by atoms with E-state index in [9.17, 15) is 14.4 Å². The zero-order valence-electron chi connectivity index (χ0n) is 19.7. The zero-order valence-corrected chi connectivity index (χ0v) is 21.4. The Morgan fingerprint density at radius 2 is 1.85 bits per heavy atom. The lowest BCUT2D eigenvalue weighted by atomic mass is 10.1. The van der Waals surface area contributed by atoms with Crippen molar-refractivity contribution in [3.8, 4) is 0 Å². The minimum absolute atomic E-state index is 0.0634. The normalized spacial score (nSPS) is 13.6. The number of thioether (sulfide) groups is 1. The van der Waals surface area contributed by atoms with Gasteiger partial charge in [-0.15, -0.1) is 28.1 Å². The Morgan fingerprint density at radius 3 is 2.50 bits per heavy atom. The van der Waals surface area contributed by atoms with Crippen molar-refractivity contribution in [1.29, 1.82) is 0 Å². The second kappa shape index (κ2) is 12.2. The molecule has 184 valence electrons. The molecule has 2 aromatic rings. The molecule has 11 heteroatoms. The highest BCUT2D eigenvalue weighted by atomic mass is 32.2. The summed E-state index contributed by atoms with van der Waals surface area (Å²) in [4.78, 5) is 37.9. The van der Waals surface area contributed by atoms with E-state index in [0.717, 1.165) is 30.0 Å². The highest BCUT2D eigenvalue weighted by Crippen LogP contribution is 2.36. The summed E-state index contributed by atoms with van der Waals surface area (Å²) >= 11 is 2.28. The molecule has 3 rings (SSSR count). The molecule has 0 radical (unpaired) electrons. The third kappa shape index (κ3) is 5.87. The van der Waals surface area contributed by atoms with Gasteiger partial charge in [0, 0.05) is 12.5 Å². The van der Waals surface area contributed by atoms with Gasteiger partial charge >= 0.3 is 11.9 Å². The average Bonchev–Trinajstić information content (AvgIpc) is 3.52. The van der Waals surface area contributed by atoms with Gasteiger partial charge in [-0.3, -0.25) is 4.79 Å². The first-order valence-corrected chi connectivity index (χ1v) is 13.2. The number of carbonyl (C=O) groups is 3. The molecule has 1 aliphatic rings. The highest BCUT2D eigenvalue weighted by molar-refractivity contribution is 7.99. The molecular formula is C23H30N4O5S2. The van der Waals surface area contributed by atoms with Crippen molar-refractivity contribution in [1.82, 2.24) is 14.8 Å². The summed E-state index contributed by atoms with van der Waals surface area (Å²) < 4.78 is 12.2. The Bertz CT molecular complexity index is 1060. The maximum absolute atomic E-state index is 12.8. The van der Waals surface area contributed by atoms with Crippen LogP contribution >= 0.6 is 23.1 Å². The molecule has 0 saturated heterocycles. The lowest BCUT2D eigenvalue weighted by Gasteiger charge is -2.12. The number of rotatable bonds is 11. The van der Waals surface area contributed by atoms with Crippen LogP contribution in [0.25, 0.3) is 0 Å². The maximum atomic E-state index is 12.8. The van der Waals surface area contributed by atoms with Gasteiger partial charge in [-0.1, -0.05) is 30.7 Å². The quantitative estimate of drug-likeness (QED) is 0.268. The number of nitrogens with zero attached hydrogens (tertiary/aromatic N) is 3. The van der Waals surface area contributed by atoms with Crippen LogP contribution in [0, 0.1) is 6.92 Å². The Kier molecular flexibility index (Phi) is 9.28. The predicted octanol–water partition coefficient (Wildman–Crippen LogP) is 4.58. The summed E-state index contributed by atoms with van der Waals surface area (Å²) in [5.74, 6) is -0.0728. The predicted molar refractivity (Wildman–Crippen MR) is 132 cm³/mol. The molecule has 9 nitrogen and oxygen atoms in total. The Hall–Kier alpha value is -2.66. The number of allylic oxidation sites excluding steroid dienone is 1. The third-order valence-electron chi connectivity index (χ3n) is 5.45. The molecule has 1 aliphatic carbocycles. The number of carbonyl (C=O) groups excluding carboxylic acids is 3. The number of ether oxygens (including phenoxy) is 2. The molecule has 2 heterocycles. The van der Waals surface area contributed by atoms with Crippen LogP contribution in [0.5, 0.6) is 0 Å². The molecule has 0 spiro atoms. The molecular weight excluding hydrogens is 476 g/mol. The molecule has 1 amide bonds. The van der Waals surface area contributed by atoms with Crippen LogP contribution in [-0.2, 0) is 20.8 Å². The molecule has 34 heavy (non-hydrogen) atoms. The number of hydrogen-bond acceptors (Lipinski definition) is 9. The van der Waals surface area contributed by atoms with Crippen LogP contribution < -0.4 is 5.32 Å². The van der Waals surface area contributed by atoms with Gasteiger partial charge in [-0.2, -0.15) is 0 Å². The number of anilines is 1. The number of aromatic nitrogens is 3. The molecule has 0 bridgehead atoms. The monoisotopic (exact) mass is 506 g/mol. The summed E-state index contributed by atoms with van der Waals surface area (Å²) in [6.07, 6.45) is 6.36. The van der Waals surface area contributed by atoms with E-state index in [0.29, 0.717) is 23.2 Å². The van der Waals surface area contributed by atoms with E-state index in [-0.39, 0.29) is 40.3 Å². The minimum Gasteiger partial charge on any atom is -0.462 e. The highest BCUT2D eigenvalue weighted by Gasteiger charge is 2.28. The van der Waals surface area contributed by atoms with Gasteiger partial charge in [0.25, 0.3) is 0 Å². The third-order valence-corrected chi connectivity index (χ3v) is 7.60. The first-order chi connectivity index (χ1) is 16.4. The molecule has 1 fully saturated rings. The second-order valence-corrected chi connectivity index (χ2v) is 9.72. The van der Waals surface area contributed by atoms with E-state index in [4.69, 9.17) is 9.47 Å². The van der Waals surface area contributed by atoms with Crippen molar-refractivity contribution >= 4 is 45.9 Å². The maximum Gasteiger partial charge on any atom is 0.348 e. The molecule has 0 aromatic carbocycles. The Balaban J connectivity index is 1.76. The first kappa shape index (κ1) is 26.0. The summed E-state index contributed by atoms with van der Waals surface area (Å²) in [5.41, 5.74) is 0.600. The fourth-order valence-corrected chi connectivity index (χ4v) is 5.79. The Labute approximate surface area is 207 Å². The van der Waals surface area contributed by atoms with Crippen LogP contribution in [0.3, 0.4) is 0 Å². The molecule has 0 unspecified atom stereocenters. The van der Waals surface area contributed by atoms with Gasteiger partial charge in [0.15, 0.2) is 5.16 Å². The van der Waals surface area contributed by atoms with E-state index < -0.39 is 11.9 Å². The minimum atomic E-state index is -0.596. The average molecular weight is 507 g/mol. The van der Waals surface area contributed by atoms with Crippen molar-refractivity contribution in [2.75, 3.05) is 24.3 Å². The molecule has 0 aliphatic heterocycles. The van der Waals surface area contributed by atoms with Crippen LogP contribution in [0.15, 0.2) is 17.8 Å². The van der Waals surface area contributed by atoms with Crippen LogP contribution in [0.1, 0.15) is 76.9 Å². The van der Waals surface area contributed by atoms with Gasteiger partial charge in [-0.05, 0) is 39.2 Å². The summed E-state index contributed by atoms with van der Waals surface area (Å²) in [7, 11) is 0. The Morgan fingerprint density at radius 1 is 1.18 bits per heavy atom. The van der Waals surface area contributed by atoms with Gasteiger partial charge < -0.3 is 19.4 Å². The van der Waals surface area contributed by atoms with Crippen LogP contribution in [0.2, 0.25) is 0 Å². The standard InChI is InChI=1S/C23H30N4O5S2/c1-5-12-27-19(15-10-8-9-11-15)25-26-23(27)33-13-16(28)24-20-17(21(29)31-6-2)14(4)18(34-20)22(30)32-7-3/h5,15H,1,6-13H2,2-4H3,(H,24,28). The lowest BCUT2D eigenvalue weighted by molar-refractivity contribution is -0.113. The van der Waals surface area contributed by atoms with Crippen LogP contribution in [-0.4, -0.2) is 51.6 Å². The molecule has 1 saturated carbocycles. The van der Waals surface area contributed by atoms with Crippen molar-refractivity contribution in [2.24, 2.45) is 0 Å². The largest absolute Gasteiger partial charge is 0.462 e. The topological polar surface area (TPSA) is 112 Å². The number of nitrogens with one attached hydrogen (secondary N) is 1. The number of esters is 2. The van der Waals surface area contributed by atoms with Gasteiger partial charge in [0.2, 0.25) is 5.91 Å². The van der Waals surface area contributed by atoms with Gasteiger partial charge in [-0.25, -0.2) is 9.59 Å². The second-order valence-electron chi connectivity index (χ2n) is 7.76. The summed E-state index contributed by atoms with van der Waals surface area (Å²) in [5, 5.41) is 12.4. The fourth-order valence-electron chi connectivity index (χ4n) is 3.93. The SMILES string of the molecule is C=CCn1c(SCC(=O)Nc2sc(C(=O)OCC)c(C)c2C(=O)OCC)nnc1C1CCCC1. The molecule has 2 aromatic heterocycles. The fraction of sp³-hybridized carbons (Fsp3) is 0.522. The first-order valence-electron chi connectivity index (χ1n) is 11.3. The van der Waals surface area contributed by atoms with E-state index in [1.54, 1.807) is 26.8 Å². The molecule has 0 atom stereocenters. The van der Waals surface area contributed by atoms with E-state index in [2.05, 4.69) is 22.1 Å². The van der Waals surface area contributed by atoms with E-state index in [1.165, 1.54) is 24.6 Å². The zero-order chi connectivity index (χ0) is 24.7. The van der Waals surface area contributed by atoms with E-state index in [1.807, 2.05) is 4.57 Å². The van der Waals surface area contributed by atoms with E-state index >= 15 is 0 Å². The summed E-state index contributed by atoms with van der Waals surface area (Å²) in [6.45, 7) is 9.82. The number of thiophene rings is 1. The van der Waals surface area contributed by atoms with Crippen molar-refractivity contribution in [3.63, 3.8) is 0 Å². The number of amides is 1. The smallest absolute Gasteiger partial charge is 0.348 e. The number of hydrogen-bond donors (Lipinski definition) is 1. The van der Waals surface area contributed by atoms with Crippen LogP contribution in [0.4, 0.5) is 5.00 Å². The van der Waals surface area contributed by atoms with Gasteiger partial charge in [0.05, 0.1) is 24.5 Å². The molecule has 1 N–H and O–H groups in total. The summed E-state index contributed by atoms with van der Waals surface area (Å²) in [6, 6.07) is 0. The van der Waals surface area contributed by atoms with Crippen molar-refractivity contribution in [2.45, 2.75) is 64.1 Å².